The molecular formula is C20H20N4O2S3. The first-order valence-electron chi connectivity index (χ1n) is 9.12. The van der Waals surface area contributed by atoms with E-state index < -0.39 is 0 Å². The zero-order chi connectivity index (χ0) is 20.5. The largest absolute Gasteiger partial charge is 0.497 e. The Kier molecular flexibility index (Phi) is 5.71. The number of aromatic nitrogens is 3. The second-order valence-electron chi connectivity index (χ2n) is 6.45. The van der Waals surface area contributed by atoms with E-state index in [1.165, 1.54) is 33.5 Å². The number of thioether (sulfide) groups is 1. The molecule has 3 aromatic heterocycles. The zero-order valence-corrected chi connectivity index (χ0v) is 19.0. The lowest BCUT2D eigenvalue weighted by molar-refractivity contribution is -0.113. The van der Waals surface area contributed by atoms with Gasteiger partial charge in [0.2, 0.25) is 5.91 Å². The molecule has 0 saturated heterocycles. The highest BCUT2D eigenvalue weighted by atomic mass is 32.2. The molecule has 1 N–H and O–H groups in total. The molecule has 9 heteroatoms. The zero-order valence-electron chi connectivity index (χ0n) is 16.5. The number of ether oxygens (including phenoxy) is 1. The molecule has 29 heavy (non-hydrogen) atoms. The van der Waals surface area contributed by atoms with Gasteiger partial charge in [-0.2, -0.15) is 0 Å². The molecule has 0 aliphatic rings. The summed E-state index contributed by atoms with van der Waals surface area (Å²) in [5.74, 6) is 1.75. The number of thiazole rings is 1. The average Bonchev–Trinajstić information content (AvgIpc) is 3.24. The molecule has 0 aliphatic carbocycles. The molecular weight excluding hydrogens is 424 g/mol. The number of hydrogen-bond donors (Lipinski definition) is 1. The maximum absolute atomic E-state index is 12.5. The Morgan fingerprint density at radius 2 is 2.03 bits per heavy atom. The summed E-state index contributed by atoms with van der Waals surface area (Å²) < 4.78 is 6.22. The van der Waals surface area contributed by atoms with E-state index in [0.717, 1.165) is 43.5 Å². The third-order valence-electron chi connectivity index (χ3n) is 4.54. The first kappa shape index (κ1) is 20.1. The van der Waals surface area contributed by atoms with Crippen molar-refractivity contribution in [1.29, 1.82) is 0 Å². The summed E-state index contributed by atoms with van der Waals surface area (Å²) >= 11 is 4.56. The van der Waals surface area contributed by atoms with E-state index in [4.69, 9.17) is 4.74 Å². The molecule has 0 fully saturated rings. The Morgan fingerprint density at radius 3 is 2.79 bits per heavy atom. The summed E-state index contributed by atoms with van der Waals surface area (Å²) in [5, 5.41) is 5.43. The van der Waals surface area contributed by atoms with Crippen LogP contribution in [-0.2, 0) is 11.2 Å². The van der Waals surface area contributed by atoms with Crippen molar-refractivity contribution in [2.24, 2.45) is 0 Å². The minimum atomic E-state index is -0.101. The molecule has 4 rings (SSSR count). The Hall–Kier alpha value is -2.23. The van der Waals surface area contributed by atoms with Crippen LogP contribution in [0, 0.1) is 13.8 Å². The van der Waals surface area contributed by atoms with Crippen LogP contribution in [0.3, 0.4) is 0 Å². The van der Waals surface area contributed by atoms with Gasteiger partial charge in [-0.15, -0.1) is 11.3 Å². The number of anilines is 1. The standard InChI is InChI=1S/C20H20N4O2S3/c1-5-15-22-18(17-10(2)11(3)28-19(17)23-15)27-9-16(25)24-20-21-13-7-6-12(26-4)8-14(13)29-20/h6-8H,5,9H2,1-4H3,(H,21,24,25). The number of amides is 1. The number of hydrogen-bond acceptors (Lipinski definition) is 8. The minimum Gasteiger partial charge on any atom is -0.497 e. The number of aryl methyl sites for hydroxylation is 3. The number of methoxy groups -OCH3 is 1. The molecule has 0 bridgehead atoms. The van der Waals surface area contributed by atoms with Crippen molar-refractivity contribution in [3.63, 3.8) is 0 Å². The van der Waals surface area contributed by atoms with E-state index in [9.17, 15) is 4.79 Å². The summed E-state index contributed by atoms with van der Waals surface area (Å²) in [5.41, 5.74) is 2.03. The van der Waals surface area contributed by atoms with Crippen molar-refractivity contribution >= 4 is 65.9 Å². The molecule has 4 aromatic rings. The van der Waals surface area contributed by atoms with Gasteiger partial charge in [0.25, 0.3) is 0 Å². The highest BCUT2D eigenvalue weighted by molar-refractivity contribution is 8.00. The van der Waals surface area contributed by atoms with Crippen LogP contribution in [-0.4, -0.2) is 33.7 Å². The van der Waals surface area contributed by atoms with Crippen LogP contribution < -0.4 is 10.1 Å². The number of carbonyl (C=O) groups excluding carboxylic acids is 1. The number of benzene rings is 1. The summed E-state index contributed by atoms with van der Waals surface area (Å²) in [7, 11) is 1.63. The fourth-order valence-electron chi connectivity index (χ4n) is 2.89. The molecule has 0 unspecified atom stereocenters. The predicted molar refractivity (Wildman–Crippen MR) is 122 cm³/mol. The minimum absolute atomic E-state index is 0.101. The van der Waals surface area contributed by atoms with Gasteiger partial charge in [-0.05, 0) is 37.6 Å². The topological polar surface area (TPSA) is 77.0 Å². The van der Waals surface area contributed by atoms with Gasteiger partial charge in [0.1, 0.15) is 21.4 Å². The third kappa shape index (κ3) is 4.08. The molecule has 150 valence electrons. The normalized spacial score (nSPS) is 11.3. The predicted octanol–water partition coefficient (Wildman–Crippen LogP) is 5.22. The number of rotatable bonds is 6. The maximum Gasteiger partial charge on any atom is 0.236 e. The summed E-state index contributed by atoms with van der Waals surface area (Å²) in [4.78, 5) is 28.6. The SMILES string of the molecule is CCc1nc(SCC(=O)Nc2nc3ccc(OC)cc3s2)c2c(C)c(C)sc2n1. The number of fused-ring (bicyclic) bond motifs is 2. The smallest absolute Gasteiger partial charge is 0.236 e. The fraction of sp³-hybridized carbons (Fsp3) is 0.300. The van der Waals surface area contributed by atoms with Crippen LogP contribution in [0.25, 0.3) is 20.4 Å². The monoisotopic (exact) mass is 444 g/mol. The van der Waals surface area contributed by atoms with E-state index in [1.54, 1.807) is 18.4 Å². The number of nitrogens with one attached hydrogen (secondary N) is 1. The van der Waals surface area contributed by atoms with Crippen LogP contribution >= 0.6 is 34.4 Å². The van der Waals surface area contributed by atoms with Crippen molar-refractivity contribution in [2.75, 3.05) is 18.2 Å². The van der Waals surface area contributed by atoms with Gasteiger partial charge in [0.05, 0.1) is 23.1 Å². The molecule has 0 spiro atoms. The molecule has 6 nitrogen and oxygen atoms in total. The van der Waals surface area contributed by atoms with Gasteiger partial charge in [0.15, 0.2) is 5.13 Å². The van der Waals surface area contributed by atoms with Crippen molar-refractivity contribution in [3.05, 3.63) is 34.5 Å². The number of carbonyl (C=O) groups is 1. The van der Waals surface area contributed by atoms with E-state index in [-0.39, 0.29) is 11.7 Å². The molecule has 3 heterocycles. The first-order chi connectivity index (χ1) is 14.0. The lowest BCUT2D eigenvalue weighted by Crippen LogP contribution is -2.14. The van der Waals surface area contributed by atoms with Gasteiger partial charge in [-0.25, -0.2) is 15.0 Å². The second-order valence-corrected chi connectivity index (χ2v) is 9.65. The van der Waals surface area contributed by atoms with Crippen LogP contribution in [0.1, 0.15) is 23.2 Å². The van der Waals surface area contributed by atoms with Crippen molar-refractivity contribution in [2.45, 2.75) is 32.2 Å². The molecule has 0 saturated carbocycles. The van der Waals surface area contributed by atoms with Gasteiger partial charge < -0.3 is 10.1 Å². The summed E-state index contributed by atoms with van der Waals surface area (Å²) in [6.45, 7) is 6.22. The van der Waals surface area contributed by atoms with E-state index in [1.807, 2.05) is 25.1 Å². The van der Waals surface area contributed by atoms with Gasteiger partial charge in [0, 0.05) is 16.7 Å². The number of thiophene rings is 1. The molecule has 0 aliphatic heterocycles. The van der Waals surface area contributed by atoms with E-state index in [0.29, 0.717) is 5.13 Å². The third-order valence-corrected chi connectivity index (χ3v) is 7.55. The molecule has 1 aromatic carbocycles. The van der Waals surface area contributed by atoms with Crippen LogP contribution in [0.4, 0.5) is 5.13 Å². The van der Waals surface area contributed by atoms with Gasteiger partial charge in [-0.3, -0.25) is 4.79 Å². The van der Waals surface area contributed by atoms with Crippen LogP contribution in [0.5, 0.6) is 5.75 Å². The van der Waals surface area contributed by atoms with E-state index >= 15 is 0 Å². The van der Waals surface area contributed by atoms with Gasteiger partial charge >= 0.3 is 0 Å². The van der Waals surface area contributed by atoms with Crippen molar-refractivity contribution in [1.82, 2.24) is 15.0 Å². The molecule has 0 atom stereocenters. The maximum atomic E-state index is 12.5. The summed E-state index contributed by atoms with van der Waals surface area (Å²) in [6.07, 6.45) is 0.765. The Morgan fingerprint density at radius 1 is 1.21 bits per heavy atom. The fourth-order valence-corrected chi connectivity index (χ4v) is 5.82. The highest BCUT2D eigenvalue weighted by Gasteiger charge is 2.16. The molecule has 1 amide bonds. The highest BCUT2D eigenvalue weighted by Crippen LogP contribution is 2.35. The Balaban J connectivity index is 1.51. The van der Waals surface area contributed by atoms with Crippen LogP contribution in [0.2, 0.25) is 0 Å². The van der Waals surface area contributed by atoms with E-state index in [2.05, 4.69) is 34.1 Å². The average molecular weight is 445 g/mol. The first-order valence-corrected chi connectivity index (χ1v) is 11.7. The summed E-state index contributed by atoms with van der Waals surface area (Å²) in [6, 6.07) is 5.67. The van der Waals surface area contributed by atoms with Gasteiger partial charge in [-0.1, -0.05) is 30.0 Å². The Bertz CT molecular complexity index is 1220. The lowest BCUT2D eigenvalue weighted by atomic mass is 10.2. The van der Waals surface area contributed by atoms with Crippen molar-refractivity contribution < 1.29 is 9.53 Å². The second kappa shape index (κ2) is 8.25. The molecule has 0 radical (unpaired) electrons. The van der Waals surface area contributed by atoms with Crippen LogP contribution in [0.15, 0.2) is 23.2 Å². The quantitative estimate of drug-likeness (QED) is 0.325. The van der Waals surface area contributed by atoms with Crippen molar-refractivity contribution in [3.8, 4) is 5.75 Å². The Labute approximate surface area is 180 Å². The number of nitrogens with zero attached hydrogens (tertiary/aromatic N) is 3. The lowest BCUT2D eigenvalue weighted by Gasteiger charge is -2.06.